The Kier molecular flexibility index (Phi) is 8.11. The van der Waals surface area contributed by atoms with Crippen LogP contribution in [0.2, 0.25) is 5.02 Å². The summed E-state index contributed by atoms with van der Waals surface area (Å²) >= 11 is 5.78. The molecule has 1 heterocycles. The normalized spacial score (nSPS) is 14.8. The molecule has 1 N–H and O–H groups in total. The molecular formula is C21H24ClN3O7S. The molecule has 0 aromatic heterocycles. The van der Waals surface area contributed by atoms with Crippen LogP contribution >= 0.6 is 11.6 Å². The molecule has 0 spiro atoms. The highest BCUT2D eigenvalue weighted by molar-refractivity contribution is 7.89. The second-order valence-corrected chi connectivity index (χ2v) is 9.76. The Bertz CT molecular complexity index is 1130. The average molecular weight is 498 g/mol. The number of amides is 1. The topological polar surface area (TPSA) is 128 Å². The van der Waals surface area contributed by atoms with Crippen molar-refractivity contribution in [3.05, 3.63) is 51.5 Å². The van der Waals surface area contributed by atoms with Gasteiger partial charge in [0.15, 0.2) is 12.4 Å². The van der Waals surface area contributed by atoms with Crippen LogP contribution in [0.15, 0.2) is 41.3 Å². The Morgan fingerprint density at radius 3 is 2.42 bits per heavy atom. The lowest BCUT2D eigenvalue weighted by atomic mass is 10.2. The van der Waals surface area contributed by atoms with Crippen LogP contribution in [0.4, 0.5) is 11.4 Å². The van der Waals surface area contributed by atoms with Gasteiger partial charge in [-0.3, -0.25) is 14.9 Å². The van der Waals surface area contributed by atoms with Crippen LogP contribution in [0.1, 0.15) is 25.7 Å². The van der Waals surface area contributed by atoms with Crippen LogP contribution in [0.25, 0.3) is 0 Å². The van der Waals surface area contributed by atoms with E-state index in [1.54, 1.807) is 0 Å². The van der Waals surface area contributed by atoms with Crippen molar-refractivity contribution in [3.8, 4) is 11.5 Å². The third kappa shape index (κ3) is 6.12. The number of carbonyl (C=O) groups excluding carboxylic acids is 1. The quantitative estimate of drug-likeness (QED) is 0.433. The Labute approximate surface area is 196 Å². The fourth-order valence-corrected chi connectivity index (χ4v) is 5.17. The maximum atomic E-state index is 13.1. The van der Waals surface area contributed by atoms with Gasteiger partial charge >= 0.3 is 5.69 Å². The summed E-state index contributed by atoms with van der Waals surface area (Å²) in [4.78, 5) is 23.0. The van der Waals surface area contributed by atoms with Crippen LogP contribution < -0.4 is 14.8 Å². The first-order valence-electron chi connectivity index (χ1n) is 10.3. The molecule has 33 heavy (non-hydrogen) atoms. The van der Waals surface area contributed by atoms with Crippen molar-refractivity contribution in [2.24, 2.45) is 0 Å². The summed E-state index contributed by atoms with van der Waals surface area (Å²) in [5.74, 6) is -0.512. The maximum Gasteiger partial charge on any atom is 0.312 e. The van der Waals surface area contributed by atoms with Gasteiger partial charge in [0.2, 0.25) is 10.0 Å². The predicted molar refractivity (Wildman–Crippen MR) is 122 cm³/mol. The molecule has 1 fully saturated rings. The van der Waals surface area contributed by atoms with E-state index in [4.69, 9.17) is 21.1 Å². The number of ether oxygens (including phenoxy) is 2. The van der Waals surface area contributed by atoms with Gasteiger partial charge in [-0.1, -0.05) is 24.4 Å². The number of hydrogen-bond acceptors (Lipinski definition) is 7. The van der Waals surface area contributed by atoms with Gasteiger partial charge in [-0.05, 0) is 43.2 Å². The first kappa shape index (κ1) is 24.7. The summed E-state index contributed by atoms with van der Waals surface area (Å²) < 4.78 is 38.2. The minimum Gasteiger partial charge on any atom is -0.495 e. The summed E-state index contributed by atoms with van der Waals surface area (Å²) in [5.41, 5.74) is -0.231. The third-order valence-corrected chi connectivity index (χ3v) is 7.25. The van der Waals surface area contributed by atoms with Crippen LogP contribution in [0.5, 0.6) is 11.5 Å². The van der Waals surface area contributed by atoms with Crippen LogP contribution in [0.3, 0.4) is 0 Å². The molecule has 0 aliphatic carbocycles. The van der Waals surface area contributed by atoms with Gasteiger partial charge in [0.05, 0.1) is 22.6 Å². The van der Waals surface area contributed by atoms with Gasteiger partial charge in [-0.15, -0.1) is 0 Å². The van der Waals surface area contributed by atoms with Crippen LogP contribution in [-0.2, 0) is 14.8 Å². The maximum absolute atomic E-state index is 13.1. The molecule has 178 valence electrons. The highest BCUT2D eigenvalue weighted by atomic mass is 35.5. The van der Waals surface area contributed by atoms with Gasteiger partial charge in [-0.2, -0.15) is 4.31 Å². The molecule has 0 saturated carbocycles. The first-order chi connectivity index (χ1) is 15.7. The van der Waals surface area contributed by atoms with Gasteiger partial charge in [0.1, 0.15) is 5.75 Å². The van der Waals surface area contributed by atoms with E-state index < -0.39 is 27.5 Å². The van der Waals surface area contributed by atoms with Gasteiger partial charge in [-0.25, -0.2) is 8.42 Å². The largest absolute Gasteiger partial charge is 0.495 e. The van der Waals surface area contributed by atoms with Crippen molar-refractivity contribution in [1.29, 1.82) is 0 Å². The van der Waals surface area contributed by atoms with Crippen LogP contribution in [-0.4, -0.2) is 50.4 Å². The fraction of sp³-hybridized carbons (Fsp3) is 0.381. The van der Waals surface area contributed by atoms with Crippen molar-refractivity contribution in [3.63, 3.8) is 0 Å². The Balaban J connectivity index is 1.76. The molecule has 1 amide bonds. The van der Waals surface area contributed by atoms with E-state index >= 15 is 0 Å². The number of carbonyl (C=O) groups is 1. The van der Waals surface area contributed by atoms with E-state index in [1.165, 1.54) is 41.7 Å². The fourth-order valence-electron chi connectivity index (χ4n) is 3.46. The molecule has 1 aliphatic heterocycles. The highest BCUT2D eigenvalue weighted by Gasteiger charge is 2.26. The molecule has 2 aromatic rings. The number of nitrogens with zero attached hydrogens (tertiary/aromatic N) is 2. The standard InChI is InChI=1S/C21H24ClN3O7S/c1-31-19-9-7-16(33(29,30)24-10-4-2-3-5-11-24)13-17(19)23-21(26)14-32-20-8-6-15(22)12-18(20)25(27)28/h6-9,12-13H,2-5,10-11,14H2,1H3,(H,23,26). The van der Waals surface area contributed by atoms with Gasteiger partial charge in [0.25, 0.3) is 5.91 Å². The molecule has 12 heteroatoms. The SMILES string of the molecule is COc1ccc(S(=O)(=O)N2CCCCCC2)cc1NC(=O)COc1ccc(Cl)cc1[N+](=O)[O-]. The molecule has 2 aromatic carbocycles. The van der Waals surface area contributed by atoms with Crippen LogP contribution in [0, 0.1) is 10.1 Å². The number of anilines is 1. The molecular weight excluding hydrogens is 474 g/mol. The number of nitro benzene ring substituents is 1. The number of hydrogen-bond donors (Lipinski definition) is 1. The van der Waals surface area contributed by atoms with E-state index in [0.717, 1.165) is 31.7 Å². The van der Waals surface area contributed by atoms with E-state index in [1.807, 2.05) is 0 Å². The minimum atomic E-state index is -3.74. The zero-order chi connectivity index (χ0) is 24.0. The van der Waals surface area contributed by atoms with Crippen molar-refractivity contribution in [2.75, 3.05) is 32.1 Å². The number of halogens is 1. The number of methoxy groups -OCH3 is 1. The van der Waals surface area contributed by atoms with E-state index in [2.05, 4.69) is 5.32 Å². The first-order valence-corrected chi connectivity index (χ1v) is 12.1. The molecule has 3 rings (SSSR count). The molecule has 1 saturated heterocycles. The smallest absolute Gasteiger partial charge is 0.312 e. The summed E-state index contributed by atoms with van der Waals surface area (Å²) in [6.07, 6.45) is 3.57. The number of nitro groups is 1. The molecule has 0 unspecified atom stereocenters. The summed E-state index contributed by atoms with van der Waals surface area (Å²) in [5, 5.41) is 13.9. The van der Waals surface area contributed by atoms with E-state index in [9.17, 15) is 23.3 Å². The molecule has 1 aliphatic rings. The summed E-state index contributed by atoms with van der Waals surface area (Å²) in [6, 6.07) is 8.05. The van der Waals surface area contributed by atoms with Crippen molar-refractivity contribution in [1.82, 2.24) is 4.31 Å². The lowest BCUT2D eigenvalue weighted by Crippen LogP contribution is -2.32. The van der Waals surface area contributed by atoms with Gasteiger partial charge in [0, 0.05) is 24.2 Å². The Hall–Kier alpha value is -2.89. The zero-order valence-corrected chi connectivity index (χ0v) is 19.5. The Morgan fingerprint density at radius 1 is 1.12 bits per heavy atom. The van der Waals surface area contributed by atoms with E-state index in [0.29, 0.717) is 13.1 Å². The number of benzene rings is 2. The third-order valence-electron chi connectivity index (χ3n) is 5.12. The number of sulfonamides is 1. The van der Waals surface area contributed by atoms with Crippen molar-refractivity contribution in [2.45, 2.75) is 30.6 Å². The van der Waals surface area contributed by atoms with E-state index in [-0.39, 0.29) is 32.8 Å². The lowest BCUT2D eigenvalue weighted by molar-refractivity contribution is -0.385. The number of rotatable bonds is 8. The van der Waals surface area contributed by atoms with Crippen molar-refractivity contribution >= 4 is 38.9 Å². The molecule has 0 atom stereocenters. The molecule has 0 radical (unpaired) electrons. The predicted octanol–water partition coefficient (Wildman–Crippen LogP) is 3.84. The van der Waals surface area contributed by atoms with Gasteiger partial charge < -0.3 is 14.8 Å². The molecule has 10 nitrogen and oxygen atoms in total. The minimum absolute atomic E-state index is 0.0368. The summed E-state index contributed by atoms with van der Waals surface area (Å²) in [6.45, 7) is 0.349. The average Bonchev–Trinajstić information content (AvgIpc) is 3.08. The lowest BCUT2D eigenvalue weighted by Gasteiger charge is -2.21. The second kappa shape index (κ2) is 10.8. The number of nitrogens with one attached hydrogen (secondary N) is 1. The Morgan fingerprint density at radius 2 is 1.79 bits per heavy atom. The molecule has 0 bridgehead atoms. The highest BCUT2D eigenvalue weighted by Crippen LogP contribution is 2.31. The second-order valence-electron chi connectivity index (χ2n) is 7.39. The van der Waals surface area contributed by atoms with Crippen molar-refractivity contribution < 1.29 is 27.6 Å². The summed E-state index contributed by atoms with van der Waals surface area (Å²) in [7, 11) is -2.34. The zero-order valence-electron chi connectivity index (χ0n) is 18.0. The monoisotopic (exact) mass is 497 g/mol.